The van der Waals surface area contributed by atoms with Crippen LogP contribution < -0.4 is 5.32 Å². The van der Waals surface area contributed by atoms with Gasteiger partial charge in [-0.05, 0) is 48.8 Å². The Morgan fingerprint density at radius 3 is 2.71 bits per heavy atom. The first kappa shape index (κ1) is 16.8. The van der Waals surface area contributed by atoms with Crippen LogP contribution >= 0.6 is 11.6 Å². The van der Waals surface area contributed by atoms with Crippen molar-refractivity contribution in [2.45, 2.75) is 19.3 Å². The van der Waals surface area contributed by atoms with Gasteiger partial charge in [0, 0.05) is 31.8 Å². The number of ether oxygens (including phenoxy) is 2. The molecular formula is C17H26ClNO2. The fraction of sp³-hybridized carbons (Fsp3) is 0.647. The highest BCUT2D eigenvalue weighted by atomic mass is 35.5. The summed E-state index contributed by atoms with van der Waals surface area (Å²) in [5.74, 6) is 1.31. The number of rotatable bonds is 11. The van der Waals surface area contributed by atoms with Crippen LogP contribution in [0, 0.1) is 11.8 Å². The fourth-order valence-corrected chi connectivity index (χ4v) is 2.44. The Hall–Kier alpha value is -0.610. The molecule has 0 saturated heterocycles. The third kappa shape index (κ3) is 7.28. The number of halogens is 1. The lowest BCUT2D eigenvalue weighted by atomic mass is 10.00. The van der Waals surface area contributed by atoms with Gasteiger partial charge in [-0.3, -0.25) is 0 Å². The molecule has 0 spiro atoms. The molecule has 0 aromatic heterocycles. The Labute approximate surface area is 133 Å². The van der Waals surface area contributed by atoms with E-state index in [0.29, 0.717) is 5.92 Å². The van der Waals surface area contributed by atoms with Crippen molar-refractivity contribution in [3.63, 3.8) is 0 Å². The minimum Gasteiger partial charge on any atom is -0.383 e. The van der Waals surface area contributed by atoms with Crippen molar-refractivity contribution in [2.24, 2.45) is 11.8 Å². The molecule has 1 fully saturated rings. The van der Waals surface area contributed by atoms with Crippen molar-refractivity contribution in [3.05, 3.63) is 34.9 Å². The van der Waals surface area contributed by atoms with Crippen LogP contribution in [0.4, 0.5) is 0 Å². The van der Waals surface area contributed by atoms with Gasteiger partial charge >= 0.3 is 0 Å². The maximum Gasteiger partial charge on any atom is 0.0587 e. The van der Waals surface area contributed by atoms with E-state index in [2.05, 4.69) is 17.4 Å². The molecule has 1 aromatic carbocycles. The summed E-state index contributed by atoms with van der Waals surface area (Å²) in [6.07, 6.45) is 3.70. The molecule has 1 unspecified atom stereocenters. The van der Waals surface area contributed by atoms with Crippen LogP contribution in [0.1, 0.15) is 18.4 Å². The molecule has 4 heteroatoms. The summed E-state index contributed by atoms with van der Waals surface area (Å²) in [6.45, 7) is 4.33. The van der Waals surface area contributed by atoms with E-state index >= 15 is 0 Å². The SMILES string of the molecule is COCCNCC(COCC1CC1)Cc1ccc(Cl)cc1. The lowest BCUT2D eigenvalue weighted by Gasteiger charge is -2.18. The lowest BCUT2D eigenvalue weighted by Crippen LogP contribution is -2.30. The van der Waals surface area contributed by atoms with Gasteiger partial charge in [0.15, 0.2) is 0 Å². The summed E-state index contributed by atoms with van der Waals surface area (Å²) in [5.41, 5.74) is 1.31. The van der Waals surface area contributed by atoms with Crippen molar-refractivity contribution >= 4 is 11.6 Å². The molecule has 2 rings (SSSR count). The lowest BCUT2D eigenvalue weighted by molar-refractivity contribution is 0.0898. The summed E-state index contributed by atoms with van der Waals surface area (Å²) in [7, 11) is 1.73. The number of hydrogen-bond acceptors (Lipinski definition) is 3. The Balaban J connectivity index is 1.75. The van der Waals surface area contributed by atoms with Gasteiger partial charge in [-0.2, -0.15) is 0 Å². The van der Waals surface area contributed by atoms with Crippen LogP contribution in [0.5, 0.6) is 0 Å². The number of hydrogen-bond donors (Lipinski definition) is 1. The molecule has 1 aliphatic rings. The molecule has 0 heterocycles. The highest BCUT2D eigenvalue weighted by Gasteiger charge is 2.21. The zero-order valence-corrected chi connectivity index (χ0v) is 13.6. The fourth-order valence-electron chi connectivity index (χ4n) is 2.31. The quantitative estimate of drug-likeness (QED) is 0.637. The number of nitrogens with one attached hydrogen (secondary N) is 1. The standard InChI is InChI=1S/C17H26ClNO2/c1-20-9-8-19-11-16(13-21-12-15-2-3-15)10-14-4-6-17(18)7-5-14/h4-7,15-16,19H,2-3,8-13H2,1H3. The second kappa shape index (κ2) is 9.42. The molecule has 0 aliphatic heterocycles. The zero-order valence-electron chi connectivity index (χ0n) is 12.8. The normalized spacial score (nSPS) is 16.1. The van der Waals surface area contributed by atoms with Crippen LogP contribution in [-0.2, 0) is 15.9 Å². The van der Waals surface area contributed by atoms with E-state index in [9.17, 15) is 0 Å². The third-order valence-electron chi connectivity index (χ3n) is 3.76. The average molecular weight is 312 g/mol. The van der Waals surface area contributed by atoms with Gasteiger partial charge in [0.25, 0.3) is 0 Å². The highest BCUT2D eigenvalue weighted by Crippen LogP contribution is 2.29. The van der Waals surface area contributed by atoms with Gasteiger partial charge in [-0.15, -0.1) is 0 Å². The first-order valence-electron chi connectivity index (χ1n) is 7.79. The molecule has 1 aromatic rings. The van der Waals surface area contributed by atoms with Crippen molar-refractivity contribution in [3.8, 4) is 0 Å². The summed E-state index contributed by atoms with van der Waals surface area (Å²) < 4.78 is 10.9. The predicted octanol–water partition coefficient (Wildman–Crippen LogP) is 3.16. The second-order valence-electron chi connectivity index (χ2n) is 5.87. The molecular weight excluding hydrogens is 286 g/mol. The van der Waals surface area contributed by atoms with E-state index in [1.165, 1.54) is 18.4 Å². The third-order valence-corrected chi connectivity index (χ3v) is 4.01. The van der Waals surface area contributed by atoms with Gasteiger partial charge in [0.05, 0.1) is 13.2 Å². The molecule has 1 N–H and O–H groups in total. The van der Waals surface area contributed by atoms with Crippen LogP contribution in [-0.4, -0.2) is 40.0 Å². The van der Waals surface area contributed by atoms with Crippen LogP contribution in [0.15, 0.2) is 24.3 Å². The van der Waals surface area contributed by atoms with Gasteiger partial charge in [-0.25, -0.2) is 0 Å². The average Bonchev–Trinajstić information content (AvgIpc) is 3.30. The van der Waals surface area contributed by atoms with Crippen molar-refractivity contribution in [2.75, 3.05) is 40.0 Å². The Bertz CT molecular complexity index is 392. The first-order valence-corrected chi connectivity index (χ1v) is 8.17. The van der Waals surface area contributed by atoms with E-state index in [1.54, 1.807) is 7.11 Å². The summed E-state index contributed by atoms with van der Waals surface area (Å²) >= 11 is 5.94. The van der Waals surface area contributed by atoms with Crippen molar-refractivity contribution < 1.29 is 9.47 Å². The number of benzene rings is 1. The van der Waals surface area contributed by atoms with Gasteiger partial charge < -0.3 is 14.8 Å². The molecule has 1 aliphatic carbocycles. The first-order chi connectivity index (χ1) is 10.3. The topological polar surface area (TPSA) is 30.5 Å². The summed E-state index contributed by atoms with van der Waals surface area (Å²) in [6, 6.07) is 8.12. The van der Waals surface area contributed by atoms with E-state index in [1.807, 2.05) is 12.1 Å². The summed E-state index contributed by atoms with van der Waals surface area (Å²) in [4.78, 5) is 0. The molecule has 0 bridgehead atoms. The maximum absolute atomic E-state index is 5.94. The molecule has 21 heavy (non-hydrogen) atoms. The van der Waals surface area contributed by atoms with Crippen LogP contribution in [0.3, 0.4) is 0 Å². The summed E-state index contributed by atoms with van der Waals surface area (Å²) in [5, 5.41) is 4.23. The van der Waals surface area contributed by atoms with Gasteiger partial charge in [0.1, 0.15) is 0 Å². The Morgan fingerprint density at radius 1 is 1.29 bits per heavy atom. The van der Waals surface area contributed by atoms with Gasteiger partial charge in [-0.1, -0.05) is 23.7 Å². The molecule has 0 amide bonds. The second-order valence-corrected chi connectivity index (χ2v) is 6.31. The molecule has 3 nitrogen and oxygen atoms in total. The smallest absolute Gasteiger partial charge is 0.0587 e. The molecule has 118 valence electrons. The minimum absolute atomic E-state index is 0.488. The largest absolute Gasteiger partial charge is 0.383 e. The van der Waals surface area contributed by atoms with E-state index in [0.717, 1.165) is 50.3 Å². The van der Waals surface area contributed by atoms with Crippen LogP contribution in [0.2, 0.25) is 5.02 Å². The zero-order chi connectivity index (χ0) is 14.9. The van der Waals surface area contributed by atoms with Crippen LogP contribution in [0.25, 0.3) is 0 Å². The van der Waals surface area contributed by atoms with Crippen molar-refractivity contribution in [1.82, 2.24) is 5.32 Å². The maximum atomic E-state index is 5.94. The molecule has 1 atom stereocenters. The predicted molar refractivity (Wildman–Crippen MR) is 86.9 cm³/mol. The highest BCUT2D eigenvalue weighted by molar-refractivity contribution is 6.30. The van der Waals surface area contributed by atoms with Crippen molar-refractivity contribution in [1.29, 1.82) is 0 Å². The number of methoxy groups -OCH3 is 1. The minimum atomic E-state index is 0.488. The molecule has 0 radical (unpaired) electrons. The monoisotopic (exact) mass is 311 g/mol. The van der Waals surface area contributed by atoms with Gasteiger partial charge in [0.2, 0.25) is 0 Å². The van der Waals surface area contributed by atoms with E-state index in [4.69, 9.17) is 21.1 Å². The Kier molecular flexibility index (Phi) is 7.51. The van der Waals surface area contributed by atoms with E-state index in [-0.39, 0.29) is 0 Å². The Morgan fingerprint density at radius 2 is 2.05 bits per heavy atom. The molecule has 1 saturated carbocycles. The van der Waals surface area contributed by atoms with E-state index < -0.39 is 0 Å².